The van der Waals surface area contributed by atoms with Crippen LogP contribution in [-0.4, -0.2) is 50.2 Å². The number of piperidine rings is 1. The second kappa shape index (κ2) is 5.28. The summed E-state index contributed by atoms with van der Waals surface area (Å²) in [6.07, 6.45) is 3.36. The molecule has 15 heavy (non-hydrogen) atoms. The second-order valence-corrected chi connectivity index (χ2v) is 4.05. The van der Waals surface area contributed by atoms with Gasteiger partial charge in [-0.3, -0.25) is 10.1 Å². The minimum Gasteiger partial charge on any atom is -0.468 e. The van der Waals surface area contributed by atoms with Crippen LogP contribution in [0.15, 0.2) is 12.7 Å². The van der Waals surface area contributed by atoms with Crippen LogP contribution in [0.4, 0.5) is 0 Å². The first-order valence-corrected chi connectivity index (χ1v) is 5.27. The molecule has 0 bridgehead atoms. The molecule has 0 aromatic carbocycles. The first-order chi connectivity index (χ1) is 7.14. The number of hydrogen-bond donors (Lipinski definition) is 1. The molecule has 0 radical (unpaired) electrons. The van der Waals surface area contributed by atoms with Crippen LogP contribution in [0.3, 0.4) is 0 Å². The number of rotatable bonds is 4. The molecule has 1 rings (SSSR count). The Hall–Kier alpha value is -0.870. The van der Waals surface area contributed by atoms with Crippen molar-refractivity contribution in [3.8, 4) is 0 Å². The maximum absolute atomic E-state index is 11.8. The van der Waals surface area contributed by atoms with E-state index in [9.17, 15) is 4.79 Å². The molecule has 0 saturated carbocycles. The molecule has 1 aliphatic rings. The lowest BCUT2D eigenvalue weighted by Gasteiger charge is -2.38. The number of carbonyl (C=O) groups excluding carboxylic acids is 1. The number of esters is 1. The number of hydrogen-bond acceptors (Lipinski definition) is 4. The maximum Gasteiger partial charge on any atom is 0.326 e. The van der Waals surface area contributed by atoms with Gasteiger partial charge in [-0.2, -0.15) is 0 Å². The van der Waals surface area contributed by atoms with Crippen molar-refractivity contribution in [2.24, 2.45) is 0 Å². The fraction of sp³-hybridized carbons (Fsp3) is 0.727. The van der Waals surface area contributed by atoms with E-state index in [1.54, 1.807) is 6.08 Å². The zero-order valence-corrected chi connectivity index (χ0v) is 9.58. The van der Waals surface area contributed by atoms with Crippen molar-refractivity contribution in [1.29, 1.82) is 0 Å². The molecule has 0 unspecified atom stereocenters. The average Bonchev–Trinajstić information content (AvgIpc) is 2.28. The van der Waals surface area contributed by atoms with E-state index in [2.05, 4.69) is 23.8 Å². The highest BCUT2D eigenvalue weighted by molar-refractivity contribution is 5.81. The Balaban J connectivity index is 2.68. The molecule has 1 heterocycles. The van der Waals surface area contributed by atoms with Crippen LogP contribution in [-0.2, 0) is 9.53 Å². The van der Waals surface area contributed by atoms with Crippen LogP contribution < -0.4 is 5.32 Å². The van der Waals surface area contributed by atoms with Crippen molar-refractivity contribution in [2.45, 2.75) is 18.4 Å². The predicted octanol–water partition coefficient (Wildman–Crippen LogP) is 0.399. The second-order valence-electron chi connectivity index (χ2n) is 4.05. The third kappa shape index (κ3) is 2.79. The summed E-state index contributed by atoms with van der Waals surface area (Å²) in [5, 5.41) is 3.24. The van der Waals surface area contributed by atoms with Gasteiger partial charge in [-0.1, -0.05) is 6.08 Å². The first kappa shape index (κ1) is 12.2. The van der Waals surface area contributed by atoms with Crippen LogP contribution in [0.1, 0.15) is 12.8 Å². The van der Waals surface area contributed by atoms with E-state index in [-0.39, 0.29) is 5.97 Å². The molecular formula is C11H20N2O2. The minimum atomic E-state index is -0.505. The van der Waals surface area contributed by atoms with Crippen molar-refractivity contribution in [2.75, 3.05) is 33.8 Å². The van der Waals surface area contributed by atoms with Crippen molar-refractivity contribution in [3.05, 3.63) is 12.7 Å². The smallest absolute Gasteiger partial charge is 0.326 e. The van der Waals surface area contributed by atoms with Gasteiger partial charge in [0.05, 0.1) is 7.11 Å². The summed E-state index contributed by atoms with van der Waals surface area (Å²) < 4.78 is 4.87. The maximum atomic E-state index is 11.8. The van der Waals surface area contributed by atoms with E-state index in [4.69, 9.17) is 4.74 Å². The highest BCUT2D eigenvalue weighted by Crippen LogP contribution is 2.22. The Bertz CT molecular complexity index is 233. The van der Waals surface area contributed by atoms with E-state index in [0.717, 1.165) is 25.9 Å². The summed E-state index contributed by atoms with van der Waals surface area (Å²) in [6, 6.07) is 0. The molecule has 1 N–H and O–H groups in total. The summed E-state index contributed by atoms with van der Waals surface area (Å²) >= 11 is 0. The Morgan fingerprint density at radius 2 is 2.20 bits per heavy atom. The quantitative estimate of drug-likeness (QED) is 0.541. The van der Waals surface area contributed by atoms with E-state index >= 15 is 0 Å². The van der Waals surface area contributed by atoms with Crippen LogP contribution in [0.25, 0.3) is 0 Å². The van der Waals surface area contributed by atoms with E-state index in [0.29, 0.717) is 6.54 Å². The summed E-state index contributed by atoms with van der Waals surface area (Å²) in [5.41, 5.74) is -0.505. The summed E-state index contributed by atoms with van der Waals surface area (Å²) in [7, 11) is 3.51. The number of likely N-dealkylation sites (tertiary alicyclic amines) is 1. The SMILES string of the molecule is C=CCNC1(C(=O)OC)CCN(C)CC1. The van der Waals surface area contributed by atoms with Crippen molar-refractivity contribution in [3.63, 3.8) is 0 Å². The fourth-order valence-corrected chi connectivity index (χ4v) is 1.92. The van der Waals surface area contributed by atoms with Crippen molar-refractivity contribution in [1.82, 2.24) is 10.2 Å². The average molecular weight is 212 g/mol. The molecule has 0 amide bonds. The van der Waals surface area contributed by atoms with Crippen LogP contribution in [0.5, 0.6) is 0 Å². The van der Waals surface area contributed by atoms with Crippen LogP contribution in [0, 0.1) is 0 Å². The Morgan fingerprint density at radius 3 is 2.67 bits per heavy atom. The molecule has 0 aromatic heterocycles. The molecule has 0 spiro atoms. The highest BCUT2D eigenvalue weighted by atomic mass is 16.5. The molecule has 86 valence electrons. The highest BCUT2D eigenvalue weighted by Gasteiger charge is 2.40. The third-order valence-corrected chi connectivity index (χ3v) is 3.00. The molecular weight excluding hydrogens is 192 g/mol. The Labute approximate surface area is 91.3 Å². The van der Waals surface area contributed by atoms with Crippen LogP contribution >= 0.6 is 0 Å². The van der Waals surface area contributed by atoms with Gasteiger partial charge in [0, 0.05) is 19.6 Å². The number of carbonyl (C=O) groups is 1. The van der Waals surface area contributed by atoms with Gasteiger partial charge in [0.1, 0.15) is 5.54 Å². The standard InChI is InChI=1S/C11H20N2O2/c1-4-7-12-11(10(14)15-3)5-8-13(2)9-6-11/h4,12H,1,5-9H2,2-3H3. The summed E-state index contributed by atoms with van der Waals surface area (Å²) in [4.78, 5) is 14.0. The number of methoxy groups -OCH3 is 1. The first-order valence-electron chi connectivity index (χ1n) is 5.27. The molecule has 1 saturated heterocycles. The monoisotopic (exact) mass is 212 g/mol. The van der Waals surface area contributed by atoms with E-state index in [1.165, 1.54) is 7.11 Å². The largest absolute Gasteiger partial charge is 0.468 e. The summed E-state index contributed by atoms with van der Waals surface area (Å²) in [5.74, 6) is -0.155. The molecule has 0 atom stereocenters. The molecule has 1 aliphatic heterocycles. The van der Waals surface area contributed by atoms with Gasteiger partial charge >= 0.3 is 5.97 Å². The van der Waals surface area contributed by atoms with Gasteiger partial charge in [-0.15, -0.1) is 6.58 Å². The van der Waals surface area contributed by atoms with Gasteiger partial charge < -0.3 is 9.64 Å². The molecule has 1 fully saturated rings. The van der Waals surface area contributed by atoms with Gasteiger partial charge in [0.15, 0.2) is 0 Å². The predicted molar refractivity (Wildman–Crippen MR) is 59.7 cm³/mol. The fourth-order valence-electron chi connectivity index (χ4n) is 1.92. The Morgan fingerprint density at radius 1 is 1.60 bits per heavy atom. The van der Waals surface area contributed by atoms with Crippen molar-refractivity contribution >= 4 is 5.97 Å². The van der Waals surface area contributed by atoms with E-state index < -0.39 is 5.54 Å². The third-order valence-electron chi connectivity index (χ3n) is 3.00. The van der Waals surface area contributed by atoms with E-state index in [1.807, 2.05) is 0 Å². The lowest BCUT2D eigenvalue weighted by atomic mass is 9.87. The minimum absolute atomic E-state index is 0.155. The summed E-state index contributed by atoms with van der Waals surface area (Å²) in [6.45, 7) is 6.12. The van der Waals surface area contributed by atoms with Crippen molar-refractivity contribution < 1.29 is 9.53 Å². The molecule has 0 aromatic rings. The lowest BCUT2D eigenvalue weighted by molar-refractivity contribution is -0.150. The normalized spacial score (nSPS) is 20.9. The van der Waals surface area contributed by atoms with Gasteiger partial charge in [0.2, 0.25) is 0 Å². The van der Waals surface area contributed by atoms with Gasteiger partial charge in [0.25, 0.3) is 0 Å². The number of nitrogens with zero attached hydrogens (tertiary/aromatic N) is 1. The zero-order chi connectivity index (χ0) is 11.3. The molecule has 4 nitrogen and oxygen atoms in total. The molecule has 4 heteroatoms. The number of ether oxygens (including phenoxy) is 1. The topological polar surface area (TPSA) is 41.6 Å². The lowest BCUT2D eigenvalue weighted by Crippen LogP contribution is -2.58. The molecule has 0 aliphatic carbocycles. The number of nitrogens with one attached hydrogen (secondary N) is 1. The van der Waals surface area contributed by atoms with Gasteiger partial charge in [-0.05, 0) is 19.9 Å². The van der Waals surface area contributed by atoms with Crippen LogP contribution in [0.2, 0.25) is 0 Å². The van der Waals surface area contributed by atoms with Gasteiger partial charge in [-0.25, -0.2) is 0 Å². The zero-order valence-electron chi connectivity index (χ0n) is 9.58. The Kier molecular flexibility index (Phi) is 4.29.